The van der Waals surface area contributed by atoms with Crippen molar-refractivity contribution in [2.45, 2.75) is 39.2 Å². The van der Waals surface area contributed by atoms with E-state index < -0.39 is 0 Å². The molecular formula is C21H28N2O3. The van der Waals surface area contributed by atoms with Gasteiger partial charge >= 0.3 is 0 Å². The van der Waals surface area contributed by atoms with Gasteiger partial charge in [-0.2, -0.15) is 0 Å². The van der Waals surface area contributed by atoms with Crippen LogP contribution < -0.4 is 0 Å². The molecule has 2 aromatic rings. The molecule has 0 radical (unpaired) electrons. The monoisotopic (exact) mass is 356 g/mol. The van der Waals surface area contributed by atoms with Crippen LogP contribution in [0.5, 0.6) is 5.75 Å². The SMILES string of the molecule is CC(C)CCC[C@H]1CN(C(=O)c2cc(-n3cccc3)ccc2O)CCO1. The average molecular weight is 356 g/mol. The largest absolute Gasteiger partial charge is 0.507 e. The highest BCUT2D eigenvalue weighted by Gasteiger charge is 2.26. The van der Waals surface area contributed by atoms with Crippen LogP contribution in [-0.4, -0.2) is 46.3 Å². The number of hydrogen-bond donors (Lipinski definition) is 1. The Morgan fingerprint density at radius 2 is 2.08 bits per heavy atom. The highest BCUT2D eigenvalue weighted by molar-refractivity contribution is 5.97. The van der Waals surface area contributed by atoms with Gasteiger partial charge in [0.2, 0.25) is 0 Å². The number of phenolic OH excluding ortho intramolecular Hbond substituents is 1. The van der Waals surface area contributed by atoms with Crippen molar-refractivity contribution >= 4 is 5.91 Å². The first kappa shape index (κ1) is 18.5. The van der Waals surface area contributed by atoms with Gasteiger partial charge in [0.15, 0.2) is 0 Å². The molecule has 1 fully saturated rings. The number of phenols is 1. The zero-order valence-corrected chi connectivity index (χ0v) is 15.6. The lowest BCUT2D eigenvalue weighted by Gasteiger charge is -2.33. The summed E-state index contributed by atoms with van der Waals surface area (Å²) < 4.78 is 7.75. The van der Waals surface area contributed by atoms with Gasteiger partial charge in [-0.3, -0.25) is 4.79 Å². The number of aromatic hydroxyl groups is 1. The molecule has 26 heavy (non-hydrogen) atoms. The number of carbonyl (C=O) groups excluding carboxylic acids is 1. The lowest BCUT2D eigenvalue weighted by atomic mass is 10.0. The van der Waals surface area contributed by atoms with Crippen LogP contribution in [0.15, 0.2) is 42.7 Å². The number of aromatic nitrogens is 1. The Labute approximate surface area is 155 Å². The molecule has 0 bridgehead atoms. The third-order valence-corrected chi connectivity index (χ3v) is 4.85. The Morgan fingerprint density at radius 1 is 1.31 bits per heavy atom. The number of morpholine rings is 1. The highest BCUT2D eigenvalue weighted by Crippen LogP contribution is 2.24. The van der Waals surface area contributed by atoms with Gasteiger partial charge in [-0.25, -0.2) is 0 Å². The Morgan fingerprint density at radius 3 is 2.81 bits per heavy atom. The van der Waals surface area contributed by atoms with E-state index >= 15 is 0 Å². The standard InChI is InChI=1S/C21H28N2O3/c1-16(2)6-5-7-18-15-23(12-13-26-18)21(25)19-14-17(8-9-20(19)24)22-10-3-4-11-22/h3-4,8-11,14,16,18,24H,5-7,12-13,15H2,1-2H3/t18-/m0/s1. The van der Waals surface area contributed by atoms with Gasteiger partial charge in [0, 0.05) is 31.2 Å². The van der Waals surface area contributed by atoms with E-state index in [0.717, 1.165) is 18.5 Å². The number of hydrogen-bond acceptors (Lipinski definition) is 3. The molecule has 5 heteroatoms. The Balaban J connectivity index is 1.69. The zero-order valence-electron chi connectivity index (χ0n) is 15.6. The lowest BCUT2D eigenvalue weighted by molar-refractivity contribution is -0.0261. The number of nitrogens with zero attached hydrogens (tertiary/aromatic N) is 2. The number of carbonyl (C=O) groups is 1. The molecule has 2 heterocycles. The van der Waals surface area contributed by atoms with Crippen molar-refractivity contribution in [2.24, 2.45) is 5.92 Å². The topological polar surface area (TPSA) is 54.7 Å². The van der Waals surface area contributed by atoms with E-state index in [9.17, 15) is 9.90 Å². The maximum atomic E-state index is 13.0. The van der Waals surface area contributed by atoms with E-state index in [1.54, 1.807) is 23.1 Å². The molecule has 140 valence electrons. The summed E-state index contributed by atoms with van der Waals surface area (Å²) in [7, 11) is 0. The van der Waals surface area contributed by atoms with E-state index in [1.165, 1.54) is 6.42 Å². The second-order valence-corrected chi connectivity index (χ2v) is 7.36. The van der Waals surface area contributed by atoms with Gasteiger partial charge in [0.1, 0.15) is 5.75 Å². The van der Waals surface area contributed by atoms with Crippen LogP contribution in [0.4, 0.5) is 0 Å². The second kappa shape index (κ2) is 8.41. The molecule has 1 amide bonds. The van der Waals surface area contributed by atoms with Crippen LogP contribution in [0.1, 0.15) is 43.5 Å². The fraction of sp³-hybridized carbons (Fsp3) is 0.476. The molecule has 3 rings (SSSR count). The number of rotatable bonds is 6. The van der Waals surface area contributed by atoms with E-state index in [1.807, 2.05) is 29.1 Å². The van der Waals surface area contributed by atoms with Crippen molar-refractivity contribution in [3.8, 4) is 11.4 Å². The molecule has 1 N–H and O–H groups in total. The first-order valence-corrected chi connectivity index (χ1v) is 9.42. The smallest absolute Gasteiger partial charge is 0.257 e. The normalized spacial score (nSPS) is 17.7. The third kappa shape index (κ3) is 4.47. The molecular weight excluding hydrogens is 328 g/mol. The summed E-state index contributed by atoms with van der Waals surface area (Å²) in [5, 5.41) is 10.2. The fourth-order valence-corrected chi connectivity index (χ4v) is 3.37. The van der Waals surface area contributed by atoms with E-state index in [2.05, 4.69) is 13.8 Å². The van der Waals surface area contributed by atoms with Crippen LogP contribution in [0, 0.1) is 5.92 Å². The number of amides is 1. The maximum Gasteiger partial charge on any atom is 0.257 e. The van der Waals surface area contributed by atoms with Crippen molar-refractivity contribution in [2.75, 3.05) is 19.7 Å². The summed E-state index contributed by atoms with van der Waals surface area (Å²) in [6, 6.07) is 9.00. The van der Waals surface area contributed by atoms with Crippen molar-refractivity contribution in [3.05, 3.63) is 48.3 Å². The molecule has 0 unspecified atom stereocenters. The quantitative estimate of drug-likeness (QED) is 0.855. The molecule has 1 saturated heterocycles. The van der Waals surface area contributed by atoms with Crippen LogP contribution in [0.2, 0.25) is 0 Å². The van der Waals surface area contributed by atoms with Crippen molar-refractivity contribution in [1.29, 1.82) is 0 Å². The van der Waals surface area contributed by atoms with Crippen molar-refractivity contribution in [1.82, 2.24) is 9.47 Å². The van der Waals surface area contributed by atoms with Crippen LogP contribution >= 0.6 is 0 Å². The average Bonchev–Trinajstić information content (AvgIpc) is 3.16. The highest BCUT2D eigenvalue weighted by atomic mass is 16.5. The third-order valence-electron chi connectivity index (χ3n) is 4.85. The predicted octanol–water partition coefficient (Wildman–Crippen LogP) is 3.85. The second-order valence-electron chi connectivity index (χ2n) is 7.36. The molecule has 1 atom stereocenters. The van der Waals surface area contributed by atoms with Crippen LogP contribution in [-0.2, 0) is 4.74 Å². The number of benzene rings is 1. The molecule has 0 saturated carbocycles. The van der Waals surface area contributed by atoms with Crippen LogP contribution in [0.3, 0.4) is 0 Å². The fourth-order valence-electron chi connectivity index (χ4n) is 3.37. The molecule has 5 nitrogen and oxygen atoms in total. The maximum absolute atomic E-state index is 13.0. The Bertz CT molecular complexity index is 725. The van der Waals surface area contributed by atoms with Crippen molar-refractivity contribution < 1.29 is 14.6 Å². The van der Waals surface area contributed by atoms with Gasteiger partial charge in [0.05, 0.1) is 18.3 Å². The van der Waals surface area contributed by atoms with E-state index in [4.69, 9.17) is 4.74 Å². The molecule has 0 aliphatic carbocycles. The van der Waals surface area contributed by atoms with Gasteiger partial charge in [-0.15, -0.1) is 0 Å². The lowest BCUT2D eigenvalue weighted by Crippen LogP contribution is -2.45. The minimum absolute atomic E-state index is 0.0220. The minimum Gasteiger partial charge on any atom is -0.507 e. The number of ether oxygens (including phenoxy) is 1. The Hall–Kier alpha value is -2.27. The summed E-state index contributed by atoms with van der Waals surface area (Å²) in [5.41, 5.74) is 1.21. The predicted molar refractivity (Wildman–Crippen MR) is 102 cm³/mol. The van der Waals surface area contributed by atoms with Crippen molar-refractivity contribution in [3.63, 3.8) is 0 Å². The Kier molecular flexibility index (Phi) is 5.99. The molecule has 1 aromatic heterocycles. The van der Waals surface area contributed by atoms with E-state index in [0.29, 0.717) is 31.2 Å². The molecule has 1 aliphatic rings. The molecule has 1 aromatic carbocycles. The zero-order chi connectivity index (χ0) is 18.5. The van der Waals surface area contributed by atoms with Gasteiger partial charge < -0.3 is 19.3 Å². The first-order chi connectivity index (χ1) is 12.5. The summed E-state index contributed by atoms with van der Waals surface area (Å²) in [6.45, 7) is 6.14. The summed E-state index contributed by atoms with van der Waals surface area (Å²) in [5.74, 6) is 0.576. The first-order valence-electron chi connectivity index (χ1n) is 9.42. The summed E-state index contributed by atoms with van der Waals surface area (Å²) in [4.78, 5) is 14.8. The summed E-state index contributed by atoms with van der Waals surface area (Å²) >= 11 is 0. The van der Waals surface area contributed by atoms with E-state index in [-0.39, 0.29) is 17.8 Å². The van der Waals surface area contributed by atoms with Crippen LogP contribution in [0.25, 0.3) is 5.69 Å². The molecule has 1 aliphatic heterocycles. The molecule has 0 spiro atoms. The van der Waals surface area contributed by atoms with Gasteiger partial charge in [-0.05, 0) is 42.7 Å². The summed E-state index contributed by atoms with van der Waals surface area (Å²) in [6.07, 6.45) is 7.17. The van der Waals surface area contributed by atoms with Gasteiger partial charge in [-0.1, -0.05) is 26.7 Å². The van der Waals surface area contributed by atoms with Gasteiger partial charge in [0.25, 0.3) is 5.91 Å². The minimum atomic E-state index is -0.131.